The van der Waals surface area contributed by atoms with Crippen molar-refractivity contribution >= 4 is 17.8 Å². The molecule has 12 nitrogen and oxygen atoms in total. The molecule has 3 aliphatic rings. The number of halogens is 3. The maximum Gasteiger partial charge on any atom is 0.402 e. The number of hydrogen-bond donors (Lipinski definition) is 2. The van der Waals surface area contributed by atoms with Crippen molar-refractivity contribution in [2.75, 3.05) is 44.2 Å². The Labute approximate surface area is 250 Å². The van der Waals surface area contributed by atoms with Gasteiger partial charge in [-0.2, -0.15) is 18.4 Å². The zero-order chi connectivity index (χ0) is 30.8. The van der Waals surface area contributed by atoms with Crippen molar-refractivity contribution < 1.29 is 27.5 Å². The number of nitriles is 1. The number of piperazine rings is 1. The molecule has 2 saturated heterocycles. The van der Waals surface area contributed by atoms with Crippen LogP contribution in [0.1, 0.15) is 33.2 Å². The second kappa shape index (κ2) is 12.1. The van der Waals surface area contributed by atoms with Crippen molar-refractivity contribution in [1.82, 2.24) is 35.6 Å². The number of carbonyl (C=O) groups excluding carboxylic acids is 2. The fraction of sp³-hybridized carbons (Fsp3) is 0.379. The van der Waals surface area contributed by atoms with Crippen molar-refractivity contribution in [3.05, 3.63) is 77.4 Å². The number of hydrazine groups is 1. The predicted octanol–water partition coefficient (Wildman–Crippen LogP) is 1.82. The maximum atomic E-state index is 14.0. The molecule has 0 radical (unpaired) electrons. The molecule has 0 saturated carbocycles. The van der Waals surface area contributed by atoms with Crippen LogP contribution < -0.4 is 20.5 Å². The Balaban J connectivity index is 1.13. The number of alkyl halides is 3. The summed E-state index contributed by atoms with van der Waals surface area (Å²) in [5.41, 5.74) is 6.95. The summed E-state index contributed by atoms with van der Waals surface area (Å²) in [5.74, 6) is -2.76. The molecule has 2 N–H and O–H groups in total. The van der Waals surface area contributed by atoms with Gasteiger partial charge in [-0.1, -0.05) is 24.3 Å². The number of fused-ring (bicyclic) bond motifs is 1. The van der Waals surface area contributed by atoms with Gasteiger partial charge in [0.1, 0.15) is 24.1 Å². The van der Waals surface area contributed by atoms with Crippen LogP contribution in [0.15, 0.2) is 55.0 Å². The normalized spacial score (nSPS) is 22.2. The van der Waals surface area contributed by atoms with Gasteiger partial charge in [0.15, 0.2) is 5.92 Å². The minimum atomic E-state index is -4.72. The lowest BCUT2D eigenvalue weighted by Gasteiger charge is -2.40. The molecule has 0 spiro atoms. The van der Waals surface area contributed by atoms with E-state index in [1.165, 1.54) is 24.7 Å². The van der Waals surface area contributed by atoms with Gasteiger partial charge in [-0.25, -0.2) is 15.4 Å². The van der Waals surface area contributed by atoms with E-state index >= 15 is 0 Å². The monoisotopic (exact) mass is 607 g/mol. The molecule has 2 amide bonds. The first-order valence-electron chi connectivity index (χ1n) is 14.0. The molecule has 6 rings (SSSR count). The molecule has 44 heavy (non-hydrogen) atoms. The summed E-state index contributed by atoms with van der Waals surface area (Å²) in [7, 11) is 0. The number of benzene rings is 1. The Morgan fingerprint density at radius 2 is 1.84 bits per heavy atom. The maximum absolute atomic E-state index is 14.0. The Morgan fingerprint density at radius 1 is 1.09 bits per heavy atom. The van der Waals surface area contributed by atoms with Crippen LogP contribution in [0.4, 0.5) is 19.1 Å². The molecule has 2 fully saturated rings. The molecule has 15 heteroatoms. The van der Waals surface area contributed by atoms with Gasteiger partial charge in [0, 0.05) is 57.6 Å². The summed E-state index contributed by atoms with van der Waals surface area (Å²) >= 11 is 0. The van der Waals surface area contributed by atoms with E-state index in [9.17, 15) is 22.8 Å². The Morgan fingerprint density at radius 3 is 2.57 bits per heavy atom. The topological polar surface area (TPSA) is 140 Å². The van der Waals surface area contributed by atoms with Crippen molar-refractivity contribution in [3.63, 3.8) is 0 Å². The number of rotatable bonds is 6. The molecule has 0 aliphatic carbocycles. The molecule has 2 aromatic heterocycles. The summed E-state index contributed by atoms with van der Waals surface area (Å²) in [6, 6.07) is 10.8. The molecule has 3 aromatic rings. The fourth-order valence-electron chi connectivity index (χ4n) is 5.92. The summed E-state index contributed by atoms with van der Waals surface area (Å²) in [4.78, 5) is 43.5. The van der Waals surface area contributed by atoms with E-state index in [0.717, 1.165) is 11.1 Å². The minimum Gasteiger partial charge on any atom is -0.491 e. The highest BCUT2D eigenvalue weighted by atomic mass is 19.4. The first-order valence-corrected chi connectivity index (χ1v) is 14.0. The van der Waals surface area contributed by atoms with Gasteiger partial charge in [-0.3, -0.25) is 24.9 Å². The minimum absolute atomic E-state index is 0.000614. The molecule has 1 aromatic carbocycles. The molecule has 3 aliphatic heterocycles. The average molecular weight is 608 g/mol. The van der Waals surface area contributed by atoms with E-state index in [2.05, 4.69) is 25.8 Å². The van der Waals surface area contributed by atoms with Crippen LogP contribution in [-0.4, -0.2) is 88.1 Å². The van der Waals surface area contributed by atoms with Gasteiger partial charge in [0.2, 0.25) is 11.9 Å². The van der Waals surface area contributed by atoms with Crippen molar-refractivity contribution in [2.45, 2.75) is 24.8 Å². The van der Waals surface area contributed by atoms with Crippen LogP contribution in [0, 0.1) is 17.2 Å². The second-order valence-electron chi connectivity index (χ2n) is 10.7. The lowest BCUT2D eigenvalue weighted by molar-refractivity contribution is -0.202. The number of ether oxygens (including phenoxy) is 1. The van der Waals surface area contributed by atoms with Crippen LogP contribution in [-0.2, 0) is 11.3 Å². The van der Waals surface area contributed by atoms with Crippen LogP contribution in [0.2, 0.25) is 0 Å². The van der Waals surface area contributed by atoms with Gasteiger partial charge < -0.3 is 14.5 Å². The van der Waals surface area contributed by atoms with Crippen molar-refractivity contribution in [2.24, 2.45) is 5.92 Å². The lowest BCUT2D eigenvalue weighted by Crippen LogP contribution is -2.64. The summed E-state index contributed by atoms with van der Waals surface area (Å²) in [5, 5.41) is 8.94. The van der Waals surface area contributed by atoms with Gasteiger partial charge >= 0.3 is 6.18 Å². The molecule has 228 valence electrons. The first kappa shape index (κ1) is 29.3. The number of nitrogens with one attached hydrogen (secondary N) is 2. The van der Waals surface area contributed by atoms with E-state index in [0.29, 0.717) is 43.4 Å². The lowest BCUT2D eigenvalue weighted by atomic mass is 9.94. The number of aromatic nitrogens is 3. The number of amides is 2. The highest BCUT2D eigenvalue weighted by molar-refractivity contribution is 5.92. The summed E-state index contributed by atoms with van der Waals surface area (Å²) < 4.78 is 48.1. The fourth-order valence-corrected chi connectivity index (χ4v) is 5.92. The molecule has 3 atom stereocenters. The number of hydrogen-bond acceptors (Lipinski definition) is 10. The van der Waals surface area contributed by atoms with Crippen LogP contribution in [0.3, 0.4) is 0 Å². The highest BCUT2D eigenvalue weighted by Gasteiger charge is 2.55. The van der Waals surface area contributed by atoms with Gasteiger partial charge in [-0.15, -0.1) is 0 Å². The number of anilines is 1. The Bertz CT molecular complexity index is 1570. The van der Waals surface area contributed by atoms with Crippen LogP contribution in [0.25, 0.3) is 0 Å². The SMILES string of the molecule is N#Cc1cnc(N2CCN(C(=O)c3cc(OCC4c5ccccc5CN4C4CNNC(=O)C4C(F)(F)F)ccn3)CC2)nc1. The third-order valence-corrected chi connectivity index (χ3v) is 8.11. The van der Waals surface area contributed by atoms with Gasteiger partial charge in [0.25, 0.3) is 5.91 Å². The summed E-state index contributed by atoms with van der Waals surface area (Å²) in [6.07, 6.45) is -0.358. The van der Waals surface area contributed by atoms with E-state index in [4.69, 9.17) is 10.00 Å². The second-order valence-corrected chi connectivity index (χ2v) is 10.7. The average Bonchev–Trinajstić information content (AvgIpc) is 3.41. The number of nitrogens with zero attached hydrogens (tertiary/aromatic N) is 7. The molecule has 5 heterocycles. The predicted molar refractivity (Wildman–Crippen MR) is 149 cm³/mol. The summed E-state index contributed by atoms with van der Waals surface area (Å²) in [6.45, 7) is 1.96. The van der Waals surface area contributed by atoms with Crippen molar-refractivity contribution in [1.29, 1.82) is 5.26 Å². The molecule has 0 bridgehead atoms. The molecule has 3 unspecified atom stereocenters. The standard InChI is InChI=1S/C29H28F3N9O3/c30-29(31,32)25-23(15-37-38-26(25)42)41-16-19-3-1-2-4-21(19)24(41)17-44-20-5-6-34-22(11-20)27(43)39-7-9-40(10-8-39)28-35-13-18(12-33)14-36-28/h1-6,11,13-14,23-25,37H,7-10,15-17H2,(H,38,42). The highest BCUT2D eigenvalue weighted by Crippen LogP contribution is 2.41. The Kier molecular flexibility index (Phi) is 8.02. The zero-order valence-corrected chi connectivity index (χ0v) is 23.4. The zero-order valence-electron chi connectivity index (χ0n) is 23.4. The van der Waals surface area contributed by atoms with E-state index in [1.54, 1.807) is 15.9 Å². The van der Waals surface area contributed by atoms with Gasteiger partial charge in [-0.05, 0) is 17.2 Å². The third kappa shape index (κ3) is 5.86. The van der Waals surface area contributed by atoms with E-state index in [-0.39, 0.29) is 31.3 Å². The molecular weight excluding hydrogens is 579 g/mol. The largest absolute Gasteiger partial charge is 0.491 e. The van der Waals surface area contributed by atoms with E-state index < -0.39 is 30.1 Å². The van der Waals surface area contributed by atoms with Crippen molar-refractivity contribution in [3.8, 4) is 11.8 Å². The number of carbonyl (C=O) groups is 2. The third-order valence-electron chi connectivity index (χ3n) is 8.11. The van der Waals surface area contributed by atoms with Crippen LogP contribution >= 0.6 is 0 Å². The van der Waals surface area contributed by atoms with E-state index in [1.807, 2.05) is 35.2 Å². The van der Waals surface area contributed by atoms with Gasteiger partial charge in [0.05, 0.1) is 24.0 Å². The van der Waals surface area contributed by atoms with Crippen LogP contribution in [0.5, 0.6) is 5.75 Å². The Hall–Kier alpha value is -4.81. The molecular formula is C29H28F3N9O3. The number of pyridine rings is 1. The smallest absolute Gasteiger partial charge is 0.402 e. The quantitative estimate of drug-likeness (QED) is 0.427. The first-order chi connectivity index (χ1) is 21.2.